The maximum atomic E-state index is 4.77. The Morgan fingerprint density at radius 2 is 2.05 bits per heavy atom. The zero-order chi connectivity index (χ0) is 14.8. The first-order valence-electron chi connectivity index (χ1n) is 8.27. The lowest BCUT2D eigenvalue weighted by molar-refractivity contribution is 0.381. The molecule has 0 aliphatic heterocycles. The van der Waals surface area contributed by atoms with Crippen molar-refractivity contribution in [3.05, 3.63) is 30.0 Å². The van der Waals surface area contributed by atoms with E-state index in [0.717, 1.165) is 24.9 Å². The Morgan fingerprint density at radius 1 is 1.29 bits per heavy atom. The second-order valence-corrected chi connectivity index (χ2v) is 6.97. The van der Waals surface area contributed by atoms with Gasteiger partial charge in [-0.3, -0.25) is 4.68 Å². The standard InChI is InChI=1S/C18H27N3/c1-13(2)10-14(12-19-15-8-9-15)11-17-16-6-4-5-7-18(16)21(3)20-17/h4-7,13-15,19H,8-12H2,1-3H3. The zero-order valence-electron chi connectivity index (χ0n) is 13.5. The molecule has 3 nitrogen and oxygen atoms in total. The van der Waals surface area contributed by atoms with E-state index in [9.17, 15) is 0 Å². The maximum Gasteiger partial charge on any atom is 0.0706 e. The van der Waals surface area contributed by atoms with Gasteiger partial charge in [0.1, 0.15) is 0 Å². The van der Waals surface area contributed by atoms with Crippen LogP contribution in [0.3, 0.4) is 0 Å². The first-order valence-corrected chi connectivity index (χ1v) is 8.27. The summed E-state index contributed by atoms with van der Waals surface area (Å²) in [6.07, 6.45) is 5.08. The summed E-state index contributed by atoms with van der Waals surface area (Å²) in [6.45, 7) is 5.77. The van der Waals surface area contributed by atoms with Crippen LogP contribution >= 0.6 is 0 Å². The zero-order valence-corrected chi connectivity index (χ0v) is 13.5. The molecule has 0 bridgehead atoms. The Kier molecular flexibility index (Phi) is 4.29. The molecule has 1 aromatic carbocycles. The number of aromatic nitrogens is 2. The molecule has 1 heterocycles. The van der Waals surface area contributed by atoms with E-state index in [0.29, 0.717) is 5.92 Å². The number of hydrogen-bond acceptors (Lipinski definition) is 2. The lowest BCUT2D eigenvalue weighted by atomic mass is 9.92. The number of aryl methyl sites for hydroxylation is 1. The monoisotopic (exact) mass is 285 g/mol. The van der Waals surface area contributed by atoms with E-state index in [1.54, 1.807) is 0 Å². The molecule has 0 radical (unpaired) electrons. The Labute approximate surface area is 127 Å². The average Bonchev–Trinajstić information content (AvgIpc) is 3.22. The highest BCUT2D eigenvalue weighted by Crippen LogP contribution is 2.24. The first kappa shape index (κ1) is 14.6. The van der Waals surface area contributed by atoms with Crippen molar-refractivity contribution in [3.8, 4) is 0 Å². The molecule has 0 spiro atoms. The number of nitrogens with one attached hydrogen (secondary N) is 1. The predicted octanol–water partition coefficient (Wildman–Crippen LogP) is 3.53. The largest absolute Gasteiger partial charge is 0.314 e. The van der Waals surface area contributed by atoms with Crippen molar-refractivity contribution in [1.82, 2.24) is 15.1 Å². The van der Waals surface area contributed by atoms with E-state index >= 15 is 0 Å². The molecule has 1 aromatic heterocycles. The minimum atomic E-state index is 0.684. The molecular formula is C18H27N3. The van der Waals surface area contributed by atoms with E-state index < -0.39 is 0 Å². The van der Waals surface area contributed by atoms with Crippen LogP contribution in [-0.2, 0) is 13.5 Å². The Morgan fingerprint density at radius 3 is 2.76 bits per heavy atom. The molecule has 1 atom stereocenters. The molecule has 21 heavy (non-hydrogen) atoms. The normalized spacial score (nSPS) is 16.8. The van der Waals surface area contributed by atoms with Gasteiger partial charge in [0.15, 0.2) is 0 Å². The highest BCUT2D eigenvalue weighted by Gasteiger charge is 2.23. The molecule has 1 unspecified atom stereocenters. The molecule has 2 aromatic rings. The molecule has 0 amide bonds. The Bertz CT molecular complexity index is 596. The van der Waals surface area contributed by atoms with Crippen LogP contribution in [0.5, 0.6) is 0 Å². The number of rotatable bonds is 7. The van der Waals surface area contributed by atoms with Gasteiger partial charge in [-0.25, -0.2) is 0 Å². The number of hydrogen-bond donors (Lipinski definition) is 1. The first-order chi connectivity index (χ1) is 10.1. The van der Waals surface area contributed by atoms with Crippen molar-refractivity contribution in [2.24, 2.45) is 18.9 Å². The van der Waals surface area contributed by atoms with Gasteiger partial charge in [0, 0.05) is 18.5 Å². The average molecular weight is 285 g/mol. The molecule has 3 heteroatoms. The van der Waals surface area contributed by atoms with Gasteiger partial charge in [0.25, 0.3) is 0 Å². The summed E-state index contributed by atoms with van der Waals surface area (Å²) in [5, 5.41) is 9.79. The predicted molar refractivity (Wildman–Crippen MR) is 88.4 cm³/mol. The van der Waals surface area contributed by atoms with Gasteiger partial charge in [-0.05, 0) is 50.1 Å². The topological polar surface area (TPSA) is 29.9 Å². The van der Waals surface area contributed by atoms with E-state index in [1.165, 1.54) is 35.9 Å². The summed E-state index contributed by atoms with van der Waals surface area (Å²) in [4.78, 5) is 0. The van der Waals surface area contributed by atoms with Gasteiger partial charge < -0.3 is 5.32 Å². The van der Waals surface area contributed by atoms with Crippen molar-refractivity contribution in [1.29, 1.82) is 0 Å². The van der Waals surface area contributed by atoms with Crippen molar-refractivity contribution in [2.75, 3.05) is 6.54 Å². The van der Waals surface area contributed by atoms with Crippen LogP contribution < -0.4 is 5.32 Å². The smallest absolute Gasteiger partial charge is 0.0706 e. The summed E-state index contributed by atoms with van der Waals surface area (Å²) in [5.74, 6) is 1.43. The third-order valence-electron chi connectivity index (χ3n) is 4.39. The molecular weight excluding hydrogens is 258 g/mol. The van der Waals surface area contributed by atoms with Crippen LogP contribution in [0.4, 0.5) is 0 Å². The fourth-order valence-corrected chi connectivity index (χ4v) is 3.24. The van der Waals surface area contributed by atoms with Crippen LogP contribution in [0.25, 0.3) is 10.9 Å². The van der Waals surface area contributed by atoms with Crippen molar-refractivity contribution >= 4 is 10.9 Å². The minimum Gasteiger partial charge on any atom is -0.314 e. The van der Waals surface area contributed by atoms with Crippen molar-refractivity contribution in [3.63, 3.8) is 0 Å². The van der Waals surface area contributed by atoms with Crippen LogP contribution in [0.15, 0.2) is 24.3 Å². The third-order valence-corrected chi connectivity index (χ3v) is 4.39. The molecule has 1 aliphatic carbocycles. The van der Waals surface area contributed by atoms with Crippen LogP contribution in [0, 0.1) is 11.8 Å². The minimum absolute atomic E-state index is 0.684. The van der Waals surface area contributed by atoms with Gasteiger partial charge in [0.05, 0.1) is 11.2 Å². The van der Waals surface area contributed by atoms with Gasteiger partial charge in [-0.2, -0.15) is 5.10 Å². The lowest BCUT2D eigenvalue weighted by Gasteiger charge is -2.19. The van der Waals surface area contributed by atoms with Crippen molar-refractivity contribution in [2.45, 2.75) is 45.6 Å². The van der Waals surface area contributed by atoms with Gasteiger partial charge >= 0.3 is 0 Å². The SMILES string of the molecule is CC(C)CC(CNC1CC1)Cc1nn(C)c2ccccc12. The fourth-order valence-electron chi connectivity index (χ4n) is 3.24. The van der Waals surface area contributed by atoms with E-state index in [2.05, 4.69) is 43.4 Å². The quantitative estimate of drug-likeness (QED) is 0.843. The molecule has 114 valence electrons. The number of nitrogens with zero attached hydrogens (tertiary/aromatic N) is 2. The maximum absolute atomic E-state index is 4.77. The molecule has 1 N–H and O–H groups in total. The highest BCUT2D eigenvalue weighted by atomic mass is 15.3. The third kappa shape index (κ3) is 3.65. The molecule has 3 rings (SSSR count). The molecule has 0 saturated heterocycles. The molecule has 1 aliphatic rings. The summed E-state index contributed by atoms with van der Waals surface area (Å²) >= 11 is 0. The second kappa shape index (κ2) is 6.18. The second-order valence-electron chi connectivity index (χ2n) is 6.97. The van der Waals surface area contributed by atoms with E-state index in [4.69, 9.17) is 5.10 Å². The Balaban J connectivity index is 1.75. The summed E-state index contributed by atoms with van der Waals surface area (Å²) in [7, 11) is 2.05. The number of benzene rings is 1. The molecule has 1 fully saturated rings. The van der Waals surface area contributed by atoms with Crippen LogP contribution in [0.2, 0.25) is 0 Å². The van der Waals surface area contributed by atoms with E-state index in [-0.39, 0.29) is 0 Å². The summed E-state index contributed by atoms with van der Waals surface area (Å²) in [6, 6.07) is 9.37. The summed E-state index contributed by atoms with van der Waals surface area (Å²) < 4.78 is 2.02. The van der Waals surface area contributed by atoms with Crippen LogP contribution in [-0.4, -0.2) is 22.4 Å². The number of fused-ring (bicyclic) bond motifs is 1. The van der Waals surface area contributed by atoms with Crippen LogP contribution in [0.1, 0.15) is 38.8 Å². The lowest BCUT2D eigenvalue weighted by Crippen LogP contribution is -2.27. The summed E-state index contributed by atoms with van der Waals surface area (Å²) in [5.41, 5.74) is 2.50. The fraction of sp³-hybridized carbons (Fsp3) is 0.611. The molecule has 1 saturated carbocycles. The van der Waals surface area contributed by atoms with Gasteiger partial charge in [-0.1, -0.05) is 32.0 Å². The highest BCUT2D eigenvalue weighted by molar-refractivity contribution is 5.81. The van der Waals surface area contributed by atoms with Gasteiger partial charge in [-0.15, -0.1) is 0 Å². The van der Waals surface area contributed by atoms with Gasteiger partial charge in [0.2, 0.25) is 0 Å². The Hall–Kier alpha value is -1.35. The van der Waals surface area contributed by atoms with E-state index in [1.807, 2.05) is 11.7 Å². The van der Waals surface area contributed by atoms with Crippen molar-refractivity contribution < 1.29 is 0 Å². The number of para-hydroxylation sites is 1.